The highest BCUT2D eigenvalue weighted by Gasteiger charge is 2.21. The van der Waals surface area contributed by atoms with Crippen LogP contribution in [0.3, 0.4) is 0 Å². The monoisotopic (exact) mass is 270 g/mol. The van der Waals surface area contributed by atoms with Gasteiger partial charge in [-0.2, -0.15) is 10.5 Å². The minimum atomic E-state index is -0.483. The van der Waals surface area contributed by atoms with Crippen molar-refractivity contribution in [1.29, 1.82) is 10.5 Å². The lowest BCUT2D eigenvalue weighted by Crippen LogP contribution is -2.45. The molecule has 20 heavy (non-hydrogen) atoms. The van der Waals surface area contributed by atoms with E-state index in [9.17, 15) is 4.79 Å². The van der Waals surface area contributed by atoms with Crippen LogP contribution in [0.25, 0.3) is 0 Å². The van der Waals surface area contributed by atoms with E-state index in [1.807, 2.05) is 17.0 Å². The lowest BCUT2D eigenvalue weighted by atomic mass is 10.2. The molecule has 1 saturated heterocycles. The smallest absolute Gasteiger partial charge is 0.238 e. The fourth-order valence-electron chi connectivity index (χ4n) is 2.01. The number of benzene rings is 1. The number of nitrogens with zero attached hydrogens (tertiary/aromatic N) is 3. The van der Waals surface area contributed by atoms with Gasteiger partial charge in [0.1, 0.15) is 6.07 Å². The number of carbonyl (C=O) groups is 1. The number of anilines is 1. The highest BCUT2D eigenvalue weighted by Crippen LogP contribution is 2.13. The molecule has 0 bridgehead atoms. The van der Waals surface area contributed by atoms with E-state index in [-0.39, 0.29) is 12.5 Å². The number of hydrogen-bond donors (Lipinski definition) is 1. The molecule has 1 heterocycles. The first-order valence-electron chi connectivity index (χ1n) is 6.25. The summed E-state index contributed by atoms with van der Waals surface area (Å²) in [5, 5.41) is 20.5. The normalized spacial score (nSPS) is 18.8. The number of morpholine rings is 1. The number of para-hydroxylation sites is 1. The van der Waals surface area contributed by atoms with Crippen LogP contribution < -0.4 is 5.32 Å². The van der Waals surface area contributed by atoms with Crippen molar-refractivity contribution in [3.05, 3.63) is 29.8 Å². The van der Waals surface area contributed by atoms with E-state index in [1.54, 1.807) is 24.3 Å². The zero-order valence-corrected chi connectivity index (χ0v) is 10.9. The van der Waals surface area contributed by atoms with Gasteiger partial charge in [0, 0.05) is 13.1 Å². The van der Waals surface area contributed by atoms with Crippen molar-refractivity contribution < 1.29 is 9.53 Å². The fraction of sp³-hybridized carbons (Fsp3) is 0.357. The molecular formula is C14H14N4O2. The lowest BCUT2D eigenvalue weighted by Gasteiger charge is -2.28. The van der Waals surface area contributed by atoms with E-state index in [1.165, 1.54) is 0 Å². The van der Waals surface area contributed by atoms with Gasteiger partial charge >= 0.3 is 0 Å². The van der Waals surface area contributed by atoms with Crippen LogP contribution in [-0.2, 0) is 9.53 Å². The summed E-state index contributed by atoms with van der Waals surface area (Å²) in [6.45, 7) is 1.66. The Labute approximate surface area is 117 Å². The average molecular weight is 270 g/mol. The number of amides is 1. The minimum absolute atomic E-state index is 0.182. The molecule has 6 nitrogen and oxygen atoms in total. The van der Waals surface area contributed by atoms with Crippen molar-refractivity contribution in [2.75, 3.05) is 31.6 Å². The molecule has 1 N–H and O–H groups in total. The second-order valence-corrected chi connectivity index (χ2v) is 4.43. The number of carbonyl (C=O) groups excluding carboxylic acids is 1. The Kier molecular flexibility index (Phi) is 4.67. The minimum Gasteiger partial charge on any atom is -0.361 e. The van der Waals surface area contributed by atoms with Crippen molar-refractivity contribution in [2.24, 2.45) is 0 Å². The molecule has 102 valence electrons. The lowest BCUT2D eigenvalue weighted by molar-refractivity contribution is -0.118. The van der Waals surface area contributed by atoms with Crippen LogP contribution in [-0.4, -0.2) is 43.2 Å². The summed E-state index contributed by atoms with van der Waals surface area (Å²) in [6, 6.07) is 10.9. The summed E-state index contributed by atoms with van der Waals surface area (Å²) >= 11 is 0. The Bertz CT molecular complexity index is 573. The highest BCUT2D eigenvalue weighted by atomic mass is 16.5. The van der Waals surface area contributed by atoms with Gasteiger partial charge in [-0.25, -0.2) is 0 Å². The maximum Gasteiger partial charge on any atom is 0.238 e. The third kappa shape index (κ3) is 3.55. The first kappa shape index (κ1) is 14.0. The Balaban J connectivity index is 1.93. The molecule has 0 saturated carbocycles. The molecule has 1 aliphatic rings. The molecule has 1 unspecified atom stereocenters. The van der Waals surface area contributed by atoms with E-state index in [4.69, 9.17) is 15.3 Å². The molecule has 1 amide bonds. The molecule has 0 radical (unpaired) electrons. The molecule has 1 aromatic carbocycles. The van der Waals surface area contributed by atoms with Crippen molar-refractivity contribution in [3.8, 4) is 12.1 Å². The Morgan fingerprint density at radius 3 is 3.00 bits per heavy atom. The zero-order chi connectivity index (χ0) is 14.4. The van der Waals surface area contributed by atoms with Crippen molar-refractivity contribution in [2.45, 2.75) is 6.10 Å². The summed E-state index contributed by atoms with van der Waals surface area (Å²) in [7, 11) is 0. The first-order valence-corrected chi connectivity index (χ1v) is 6.25. The quantitative estimate of drug-likeness (QED) is 0.874. The van der Waals surface area contributed by atoms with Gasteiger partial charge in [0.05, 0.1) is 30.5 Å². The summed E-state index contributed by atoms with van der Waals surface area (Å²) in [4.78, 5) is 13.8. The SMILES string of the molecule is N#Cc1ccccc1NC(=O)CN1CCOC(C#N)C1. The third-order valence-electron chi connectivity index (χ3n) is 2.98. The van der Waals surface area contributed by atoms with Gasteiger partial charge in [-0.3, -0.25) is 9.69 Å². The molecule has 0 aromatic heterocycles. The molecular weight excluding hydrogens is 256 g/mol. The predicted octanol–water partition coefficient (Wildman–Crippen LogP) is 0.721. The molecule has 1 aromatic rings. The van der Waals surface area contributed by atoms with Gasteiger partial charge in [-0.15, -0.1) is 0 Å². The van der Waals surface area contributed by atoms with Crippen molar-refractivity contribution in [1.82, 2.24) is 4.90 Å². The van der Waals surface area contributed by atoms with E-state index in [2.05, 4.69) is 5.32 Å². The largest absolute Gasteiger partial charge is 0.361 e. The van der Waals surface area contributed by atoms with Gasteiger partial charge in [0.25, 0.3) is 0 Å². The number of hydrogen-bond acceptors (Lipinski definition) is 5. The summed E-state index contributed by atoms with van der Waals surface area (Å²) in [5.74, 6) is -0.203. The second-order valence-electron chi connectivity index (χ2n) is 4.43. The Hall–Kier alpha value is -2.41. The van der Waals surface area contributed by atoms with Crippen LogP contribution in [0.5, 0.6) is 0 Å². The third-order valence-corrected chi connectivity index (χ3v) is 2.98. The van der Waals surface area contributed by atoms with Gasteiger partial charge in [0.15, 0.2) is 6.10 Å². The van der Waals surface area contributed by atoms with Crippen LogP contribution in [0, 0.1) is 22.7 Å². The predicted molar refractivity (Wildman–Crippen MR) is 71.6 cm³/mol. The fourth-order valence-corrected chi connectivity index (χ4v) is 2.01. The van der Waals surface area contributed by atoms with E-state index in [0.717, 1.165) is 0 Å². The number of nitrogens with one attached hydrogen (secondary N) is 1. The number of ether oxygens (including phenoxy) is 1. The average Bonchev–Trinajstić information content (AvgIpc) is 2.48. The van der Waals surface area contributed by atoms with Crippen LogP contribution in [0.4, 0.5) is 5.69 Å². The molecule has 2 rings (SSSR count). The number of rotatable bonds is 3. The van der Waals surface area contributed by atoms with Gasteiger partial charge in [0.2, 0.25) is 5.91 Å². The maximum absolute atomic E-state index is 12.0. The van der Waals surface area contributed by atoms with E-state index in [0.29, 0.717) is 30.9 Å². The second kappa shape index (κ2) is 6.67. The Morgan fingerprint density at radius 2 is 2.25 bits per heavy atom. The number of nitriles is 2. The maximum atomic E-state index is 12.0. The van der Waals surface area contributed by atoms with Gasteiger partial charge in [-0.1, -0.05) is 12.1 Å². The first-order chi connectivity index (χ1) is 9.72. The summed E-state index contributed by atoms with van der Waals surface area (Å²) in [5.41, 5.74) is 0.933. The molecule has 1 atom stereocenters. The molecule has 1 fully saturated rings. The molecule has 6 heteroatoms. The molecule has 0 aliphatic carbocycles. The van der Waals surface area contributed by atoms with Gasteiger partial charge in [-0.05, 0) is 12.1 Å². The topological polar surface area (TPSA) is 89.2 Å². The summed E-state index contributed by atoms with van der Waals surface area (Å²) in [6.07, 6.45) is -0.483. The van der Waals surface area contributed by atoms with Crippen molar-refractivity contribution >= 4 is 11.6 Å². The van der Waals surface area contributed by atoms with Crippen LogP contribution in [0.2, 0.25) is 0 Å². The standard InChI is InChI=1S/C14H14N4O2/c15-7-11-3-1-2-4-13(11)17-14(19)10-18-5-6-20-12(8-16)9-18/h1-4,12H,5-6,9-10H2,(H,17,19). The van der Waals surface area contributed by atoms with E-state index < -0.39 is 6.10 Å². The Morgan fingerprint density at radius 1 is 1.45 bits per heavy atom. The summed E-state index contributed by atoms with van der Waals surface area (Å²) < 4.78 is 5.22. The molecule has 0 spiro atoms. The zero-order valence-electron chi connectivity index (χ0n) is 10.9. The van der Waals surface area contributed by atoms with E-state index >= 15 is 0 Å². The van der Waals surface area contributed by atoms with Crippen molar-refractivity contribution in [3.63, 3.8) is 0 Å². The van der Waals surface area contributed by atoms with Crippen LogP contribution >= 0.6 is 0 Å². The van der Waals surface area contributed by atoms with Gasteiger partial charge < -0.3 is 10.1 Å². The molecule has 1 aliphatic heterocycles. The highest BCUT2D eigenvalue weighted by molar-refractivity contribution is 5.93. The van der Waals surface area contributed by atoms with Crippen LogP contribution in [0.1, 0.15) is 5.56 Å². The van der Waals surface area contributed by atoms with Crippen LogP contribution in [0.15, 0.2) is 24.3 Å².